The fourth-order valence-electron chi connectivity index (χ4n) is 2.33. The van der Waals surface area contributed by atoms with E-state index in [1.165, 1.54) is 5.56 Å². The van der Waals surface area contributed by atoms with E-state index in [9.17, 15) is 0 Å². The number of aryl methyl sites for hydroxylation is 1. The van der Waals surface area contributed by atoms with Crippen LogP contribution in [0.25, 0.3) is 11.3 Å². The third kappa shape index (κ3) is 2.27. The van der Waals surface area contributed by atoms with E-state index in [1.807, 2.05) is 18.2 Å². The Labute approximate surface area is 119 Å². The minimum absolute atomic E-state index is 0.296. The summed E-state index contributed by atoms with van der Waals surface area (Å²) in [4.78, 5) is 8.94. The highest BCUT2D eigenvalue weighted by molar-refractivity contribution is 5.62. The summed E-state index contributed by atoms with van der Waals surface area (Å²) in [6.45, 7) is 2.12. The molecule has 4 heteroatoms. The number of nitrogens with zero attached hydrogens (tertiary/aromatic N) is 2. The largest absolute Gasteiger partial charge is 0.496 e. The Kier molecular flexibility index (Phi) is 3.18. The van der Waals surface area contributed by atoms with Crippen molar-refractivity contribution in [1.82, 2.24) is 9.97 Å². The zero-order chi connectivity index (χ0) is 14.2. The molecule has 1 aromatic heterocycles. The van der Waals surface area contributed by atoms with Crippen molar-refractivity contribution in [2.45, 2.75) is 31.7 Å². The van der Waals surface area contributed by atoms with Crippen LogP contribution in [-0.4, -0.2) is 17.1 Å². The van der Waals surface area contributed by atoms with Gasteiger partial charge in [0.15, 0.2) is 0 Å². The van der Waals surface area contributed by atoms with Crippen LogP contribution < -0.4 is 10.5 Å². The average Bonchev–Trinajstić information content (AvgIpc) is 3.26. The fraction of sp³-hybridized carbons (Fsp3) is 0.375. The van der Waals surface area contributed by atoms with Gasteiger partial charge in [0.2, 0.25) is 0 Å². The van der Waals surface area contributed by atoms with Gasteiger partial charge in [0.25, 0.3) is 0 Å². The Balaban J connectivity index is 2.00. The second-order valence-corrected chi connectivity index (χ2v) is 5.30. The lowest BCUT2D eigenvalue weighted by Gasteiger charge is -2.11. The second kappa shape index (κ2) is 4.87. The maximum atomic E-state index is 6.17. The van der Waals surface area contributed by atoms with Crippen molar-refractivity contribution in [1.29, 1.82) is 0 Å². The minimum atomic E-state index is -0.296. The molecule has 0 radical (unpaired) electrons. The molecule has 1 fully saturated rings. The number of hydrogen-bond acceptors (Lipinski definition) is 4. The van der Waals surface area contributed by atoms with Crippen molar-refractivity contribution >= 4 is 0 Å². The Morgan fingerprint density at radius 2 is 2.10 bits per heavy atom. The lowest BCUT2D eigenvalue weighted by molar-refractivity contribution is 0.410. The Morgan fingerprint density at radius 1 is 1.30 bits per heavy atom. The maximum Gasteiger partial charge on any atom is 0.148 e. The first-order chi connectivity index (χ1) is 9.66. The summed E-state index contributed by atoms with van der Waals surface area (Å²) in [5, 5.41) is 0. The van der Waals surface area contributed by atoms with E-state index in [2.05, 4.69) is 23.0 Å². The van der Waals surface area contributed by atoms with Crippen molar-refractivity contribution in [3.05, 3.63) is 41.9 Å². The van der Waals surface area contributed by atoms with Gasteiger partial charge in [-0.15, -0.1) is 0 Å². The number of methoxy groups -OCH3 is 1. The molecule has 3 rings (SSSR count). The van der Waals surface area contributed by atoms with Crippen LogP contribution in [0, 0.1) is 0 Å². The topological polar surface area (TPSA) is 61.0 Å². The van der Waals surface area contributed by atoms with E-state index in [4.69, 9.17) is 10.5 Å². The summed E-state index contributed by atoms with van der Waals surface area (Å²) in [7, 11) is 1.70. The number of hydrogen-bond donors (Lipinski definition) is 1. The summed E-state index contributed by atoms with van der Waals surface area (Å²) < 4.78 is 5.36. The number of benzene rings is 1. The highest BCUT2D eigenvalue weighted by Gasteiger charge is 2.43. The summed E-state index contributed by atoms with van der Waals surface area (Å²) >= 11 is 0. The van der Waals surface area contributed by atoms with Gasteiger partial charge in [0.1, 0.15) is 11.6 Å². The Bertz CT molecular complexity index is 635. The summed E-state index contributed by atoms with van der Waals surface area (Å²) in [6.07, 6.45) is 4.66. The van der Waals surface area contributed by atoms with Gasteiger partial charge in [-0.05, 0) is 49.1 Å². The van der Waals surface area contributed by atoms with Crippen LogP contribution in [0.5, 0.6) is 5.75 Å². The maximum absolute atomic E-state index is 6.17. The molecule has 0 bridgehead atoms. The molecule has 20 heavy (non-hydrogen) atoms. The number of aromatic nitrogens is 2. The van der Waals surface area contributed by atoms with Crippen molar-refractivity contribution in [2.75, 3.05) is 7.11 Å². The van der Waals surface area contributed by atoms with E-state index < -0.39 is 0 Å². The molecule has 0 unspecified atom stereocenters. The summed E-state index contributed by atoms with van der Waals surface area (Å²) in [5.41, 5.74) is 9.06. The highest BCUT2D eigenvalue weighted by Crippen LogP contribution is 2.41. The lowest BCUT2D eigenvalue weighted by atomic mass is 10.0. The van der Waals surface area contributed by atoms with Gasteiger partial charge in [-0.2, -0.15) is 0 Å². The van der Waals surface area contributed by atoms with Gasteiger partial charge < -0.3 is 10.5 Å². The highest BCUT2D eigenvalue weighted by atomic mass is 16.5. The van der Waals surface area contributed by atoms with E-state index >= 15 is 0 Å². The summed E-state index contributed by atoms with van der Waals surface area (Å²) in [5.74, 6) is 1.67. The molecular weight excluding hydrogens is 250 g/mol. The molecule has 2 aromatic rings. The van der Waals surface area contributed by atoms with Crippen LogP contribution in [0.4, 0.5) is 0 Å². The van der Waals surface area contributed by atoms with Crippen LogP contribution >= 0.6 is 0 Å². The molecule has 0 spiro atoms. The molecule has 1 saturated carbocycles. The van der Waals surface area contributed by atoms with Gasteiger partial charge in [-0.25, -0.2) is 9.97 Å². The molecule has 0 aliphatic heterocycles. The van der Waals surface area contributed by atoms with Crippen LogP contribution in [0.2, 0.25) is 0 Å². The van der Waals surface area contributed by atoms with Gasteiger partial charge >= 0.3 is 0 Å². The van der Waals surface area contributed by atoms with Crippen molar-refractivity contribution in [3.8, 4) is 17.0 Å². The third-order valence-corrected chi connectivity index (χ3v) is 3.85. The van der Waals surface area contributed by atoms with Crippen LogP contribution in [0.15, 0.2) is 30.5 Å². The number of ether oxygens (including phenoxy) is 1. The van der Waals surface area contributed by atoms with Crippen molar-refractivity contribution in [3.63, 3.8) is 0 Å². The standard InChI is InChI=1S/C16H19N3O/c1-3-11-10-12(4-5-14(11)20-2)13-6-9-18-15(19-13)16(17)7-8-16/h4-6,9-10H,3,7-8,17H2,1-2H3. The third-order valence-electron chi connectivity index (χ3n) is 3.85. The molecule has 0 saturated heterocycles. The van der Waals surface area contributed by atoms with E-state index in [0.29, 0.717) is 0 Å². The molecule has 1 aliphatic carbocycles. The van der Waals surface area contributed by atoms with Crippen LogP contribution in [-0.2, 0) is 12.0 Å². The first kappa shape index (κ1) is 13.1. The monoisotopic (exact) mass is 269 g/mol. The minimum Gasteiger partial charge on any atom is -0.496 e. The smallest absolute Gasteiger partial charge is 0.148 e. The molecule has 0 amide bonds. The first-order valence-electron chi connectivity index (χ1n) is 6.96. The molecule has 1 aromatic carbocycles. The molecule has 2 N–H and O–H groups in total. The normalized spacial score (nSPS) is 15.9. The van der Waals surface area contributed by atoms with Gasteiger partial charge in [-0.1, -0.05) is 6.92 Å². The van der Waals surface area contributed by atoms with Crippen LogP contribution in [0.1, 0.15) is 31.2 Å². The Morgan fingerprint density at radius 3 is 2.75 bits per heavy atom. The lowest BCUT2D eigenvalue weighted by Crippen LogP contribution is -2.22. The first-order valence-corrected chi connectivity index (χ1v) is 6.96. The quantitative estimate of drug-likeness (QED) is 0.927. The molecular formula is C16H19N3O. The van der Waals surface area contributed by atoms with Gasteiger partial charge in [0.05, 0.1) is 18.3 Å². The van der Waals surface area contributed by atoms with Gasteiger partial charge in [0, 0.05) is 11.8 Å². The van der Waals surface area contributed by atoms with E-state index in [0.717, 1.165) is 42.1 Å². The average molecular weight is 269 g/mol. The van der Waals surface area contributed by atoms with Gasteiger partial charge in [-0.3, -0.25) is 0 Å². The molecule has 0 atom stereocenters. The number of rotatable bonds is 4. The second-order valence-electron chi connectivity index (χ2n) is 5.30. The van der Waals surface area contributed by atoms with E-state index in [-0.39, 0.29) is 5.54 Å². The van der Waals surface area contributed by atoms with Crippen molar-refractivity contribution in [2.24, 2.45) is 5.73 Å². The zero-order valence-corrected chi connectivity index (χ0v) is 11.9. The molecule has 1 aliphatic rings. The predicted molar refractivity (Wildman–Crippen MR) is 78.5 cm³/mol. The fourth-order valence-corrected chi connectivity index (χ4v) is 2.33. The van der Waals surface area contributed by atoms with E-state index in [1.54, 1.807) is 13.3 Å². The SMILES string of the molecule is CCc1cc(-c2ccnc(C3(N)CC3)n2)ccc1OC. The summed E-state index contributed by atoms with van der Waals surface area (Å²) in [6, 6.07) is 8.07. The number of nitrogens with two attached hydrogens (primary N) is 1. The van der Waals surface area contributed by atoms with Crippen LogP contribution in [0.3, 0.4) is 0 Å². The molecule has 4 nitrogen and oxygen atoms in total. The zero-order valence-electron chi connectivity index (χ0n) is 11.9. The Hall–Kier alpha value is -1.94. The molecule has 104 valence electrons. The van der Waals surface area contributed by atoms with Crippen molar-refractivity contribution < 1.29 is 4.74 Å². The predicted octanol–water partition coefficient (Wildman–Crippen LogP) is 2.66. The molecule has 1 heterocycles.